The van der Waals surface area contributed by atoms with Crippen molar-refractivity contribution < 1.29 is 4.79 Å². The van der Waals surface area contributed by atoms with Gasteiger partial charge in [0.1, 0.15) is 0 Å². The van der Waals surface area contributed by atoms with E-state index in [1.807, 2.05) is 12.1 Å². The molecule has 1 aliphatic carbocycles. The molecule has 1 atom stereocenters. The van der Waals surface area contributed by atoms with Crippen molar-refractivity contribution in [3.05, 3.63) is 23.9 Å². The highest BCUT2D eigenvalue weighted by Crippen LogP contribution is 2.24. The van der Waals surface area contributed by atoms with E-state index in [0.29, 0.717) is 6.04 Å². The number of piperidine rings is 1. The van der Waals surface area contributed by atoms with Crippen LogP contribution in [0.4, 0.5) is 5.95 Å². The van der Waals surface area contributed by atoms with E-state index in [4.69, 9.17) is 0 Å². The third-order valence-corrected chi connectivity index (χ3v) is 5.63. The first-order valence-electron chi connectivity index (χ1n) is 9.58. The topological polar surface area (TPSA) is 62.5 Å². The minimum absolute atomic E-state index is 0.0482. The van der Waals surface area contributed by atoms with E-state index in [2.05, 4.69) is 37.8 Å². The maximum atomic E-state index is 12.7. The van der Waals surface area contributed by atoms with Crippen LogP contribution in [0.5, 0.6) is 0 Å². The number of carbonyl (C=O) groups excluding carboxylic acids is 1. The molecule has 4 rings (SSSR count). The molecule has 0 spiro atoms. The van der Waals surface area contributed by atoms with Crippen LogP contribution in [0.2, 0.25) is 0 Å². The number of anilines is 1. The summed E-state index contributed by atoms with van der Waals surface area (Å²) in [5.74, 6) is 1.14. The van der Waals surface area contributed by atoms with Gasteiger partial charge in [0, 0.05) is 24.8 Å². The first kappa shape index (κ1) is 16.4. The van der Waals surface area contributed by atoms with Crippen LogP contribution in [0, 0.1) is 12.8 Å². The Hall–Kier alpha value is -2.11. The zero-order valence-corrected chi connectivity index (χ0v) is 14.9. The normalized spacial score (nSPS) is 22.3. The van der Waals surface area contributed by atoms with Crippen LogP contribution in [-0.4, -0.2) is 39.6 Å². The molecule has 1 aliphatic heterocycles. The number of aromatic nitrogens is 3. The number of fused-ring (bicyclic) bond motifs is 1. The molecule has 1 saturated carbocycles. The van der Waals surface area contributed by atoms with Crippen molar-refractivity contribution in [2.24, 2.45) is 5.92 Å². The second-order valence-electron chi connectivity index (χ2n) is 7.49. The first-order chi connectivity index (χ1) is 12.2. The SMILES string of the molecule is Cc1cccc2nnc(N3CCC[C@@H](C(=O)NC4CCCCC4)C3)n12. The highest BCUT2D eigenvalue weighted by atomic mass is 16.2. The fourth-order valence-electron chi connectivity index (χ4n) is 4.23. The second kappa shape index (κ2) is 7.02. The quantitative estimate of drug-likeness (QED) is 0.932. The van der Waals surface area contributed by atoms with Gasteiger partial charge in [-0.1, -0.05) is 25.3 Å². The predicted molar refractivity (Wildman–Crippen MR) is 97.7 cm³/mol. The third kappa shape index (κ3) is 3.34. The first-order valence-corrected chi connectivity index (χ1v) is 9.58. The Labute approximate surface area is 148 Å². The molecule has 0 aromatic carbocycles. The van der Waals surface area contributed by atoms with E-state index >= 15 is 0 Å². The standard InChI is InChI=1S/C19H27N5O/c1-14-7-5-11-17-21-22-19(24(14)17)23-12-6-8-15(13-23)18(25)20-16-9-3-2-4-10-16/h5,7,11,15-16H,2-4,6,8-10,12-13H2,1H3,(H,20,25)/t15-/m1/s1. The van der Waals surface area contributed by atoms with Crippen molar-refractivity contribution in [1.82, 2.24) is 19.9 Å². The summed E-state index contributed by atoms with van der Waals surface area (Å²) in [5, 5.41) is 12.0. The number of aryl methyl sites for hydroxylation is 1. The highest BCUT2D eigenvalue weighted by molar-refractivity contribution is 5.79. The summed E-state index contributed by atoms with van der Waals surface area (Å²) in [5.41, 5.74) is 1.98. The molecule has 0 bridgehead atoms. The van der Waals surface area contributed by atoms with Crippen LogP contribution in [0.1, 0.15) is 50.6 Å². The zero-order chi connectivity index (χ0) is 17.2. The van der Waals surface area contributed by atoms with Gasteiger partial charge in [-0.05, 0) is 44.7 Å². The average molecular weight is 341 g/mol. The van der Waals surface area contributed by atoms with Crippen molar-refractivity contribution in [2.75, 3.05) is 18.0 Å². The van der Waals surface area contributed by atoms with Crippen molar-refractivity contribution in [1.29, 1.82) is 0 Å². The van der Waals surface area contributed by atoms with Crippen molar-refractivity contribution in [3.8, 4) is 0 Å². The van der Waals surface area contributed by atoms with Gasteiger partial charge in [-0.25, -0.2) is 0 Å². The van der Waals surface area contributed by atoms with Gasteiger partial charge in [-0.3, -0.25) is 9.20 Å². The molecular weight excluding hydrogens is 314 g/mol. The molecule has 1 amide bonds. The van der Waals surface area contributed by atoms with Gasteiger partial charge >= 0.3 is 0 Å². The van der Waals surface area contributed by atoms with Crippen LogP contribution in [0.3, 0.4) is 0 Å². The second-order valence-corrected chi connectivity index (χ2v) is 7.49. The lowest BCUT2D eigenvalue weighted by atomic mass is 9.93. The molecule has 134 valence electrons. The van der Waals surface area contributed by atoms with E-state index in [1.54, 1.807) is 0 Å². The Balaban J connectivity index is 1.47. The Kier molecular flexibility index (Phi) is 4.59. The molecule has 1 saturated heterocycles. The van der Waals surface area contributed by atoms with E-state index in [1.165, 1.54) is 19.3 Å². The van der Waals surface area contributed by atoms with Gasteiger partial charge in [0.15, 0.2) is 5.65 Å². The van der Waals surface area contributed by atoms with Crippen LogP contribution < -0.4 is 10.2 Å². The predicted octanol–water partition coefficient (Wildman–Crippen LogP) is 2.70. The lowest BCUT2D eigenvalue weighted by Gasteiger charge is -2.33. The molecule has 2 fully saturated rings. The number of nitrogens with zero attached hydrogens (tertiary/aromatic N) is 4. The highest BCUT2D eigenvalue weighted by Gasteiger charge is 2.29. The summed E-state index contributed by atoms with van der Waals surface area (Å²) in [6, 6.07) is 6.42. The fourth-order valence-corrected chi connectivity index (χ4v) is 4.23. The number of rotatable bonds is 3. The average Bonchev–Trinajstić information content (AvgIpc) is 3.08. The number of amides is 1. The van der Waals surface area contributed by atoms with Crippen molar-refractivity contribution >= 4 is 17.5 Å². The molecule has 6 heteroatoms. The molecular formula is C19H27N5O. The van der Waals surface area contributed by atoms with Crippen LogP contribution in [0.25, 0.3) is 5.65 Å². The summed E-state index contributed by atoms with van der Waals surface area (Å²) in [7, 11) is 0. The molecule has 25 heavy (non-hydrogen) atoms. The van der Waals surface area contributed by atoms with Crippen LogP contribution in [-0.2, 0) is 4.79 Å². The third-order valence-electron chi connectivity index (χ3n) is 5.63. The smallest absolute Gasteiger partial charge is 0.231 e. The van der Waals surface area contributed by atoms with Crippen molar-refractivity contribution in [3.63, 3.8) is 0 Å². The zero-order valence-electron chi connectivity index (χ0n) is 14.9. The molecule has 3 heterocycles. The van der Waals surface area contributed by atoms with Crippen LogP contribution in [0.15, 0.2) is 18.2 Å². The summed E-state index contributed by atoms with van der Waals surface area (Å²) < 4.78 is 2.08. The summed E-state index contributed by atoms with van der Waals surface area (Å²) in [4.78, 5) is 15.0. The maximum absolute atomic E-state index is 12.7. The molecule has 2 aromatic rings. The molecule has 6 nitrogen and oxygen atoms in total. The van der Waals surface area contributed by atoms with E-state index in [-0.39, 0.29) is 11.8 Å². The minimum atomic E-state index is 0.0482. The molecule has 0 unspecified atom stereocenters. The number of nitrogens with one attached hydrogen (secondary N) is 1. The number of pyridine rings is 1. The molecule has 0 radical (unpaired) electrons. The Morgan fingerprint density at radius 2 is 1.96 bits per heavy atom. The molecule has 2 aliphatic rings. The fraction of sp³-hybridized carbons (Fsp3) is 0.632. The summed E-state index contributed by atoms with van der Waals surface area (Å²) >= 11 is 0. The van der Waals surface area contributed by atoms with Crippen LogP contribution >= 0.6 is 0 Å². The maximum Gasteiger partial charge on any atom is 0.231 e. The van der Waals surface area contributed by atoms with Gasteiger partial charge in [0.05, 0.1) is 5.92 Å². The number of carbonyl (C=O) groups is 1. The van der Waals surface area contributed by atoms with Gasteiger partial charge in [-0.2, -0.15) is 0 Å². The largest absolute Gasteiger partial charge is 0.353 e. The van der Waals surface area contributed by atoms with E-state index < -0.39 is 0 Å². The lowest BCUT2D eigenvalue weighted by molar-refractivity contribution is -0.126. The molecule has 2 aromatic heterocycles. The number of hydrogen-bond donors (Lipinski definition) is 1. The van der Waals surface area contributed by atoms with Gasteiger partial charge < -0.3 is 10.2 Å². The monoisotopic (exact) mass is 341 g/mol. The van der Waals surface area contributed by atoms with E-state index in [9.17, 15) is 4.79 Å². The lowest BCUT2D eigenvalue weighted by Crippen LogP contribution is -2.46. The minimum Gasteiger partial charge on any atom is -0.353 e. The number of hydrogen-bond acceptors (Lipinski definition) is 4. The Bertz CT molecular complexity index is 749. The van der Waals surface area contributed by atoms with Gasteiger partial charge in [0.2, 0.25) is 11.9 Å². The Morgan fingerprint density at radius 3 is 2.80 bits per heavy atom. The van der Waals surface area contributed by atoms with Gasteiger partial charge in [0.25, 0.3) is 0 Å². The summed E-state index contributed by atoms with van der Waals surface area (Å²) in [6.07, 6.45) is 8.04. The Morgan fingerprint density at radius 1 is 1.12 bits per heavy atom. The summed E-state index contributed by atoms with van der Waals surface area (Å²) in [6.45, 7) is 3.73. The van der Waals surface area contributed by atoms with E-state index in [0.717, 1.165) is 56.1 Å². The van der Waals surface area contributed by atoms with Gasteiger partial charge in [-0.15, -0.1) is 10.2 Å². The van der Waals surface area contributed by atoms with Crippen molar-refractivity contribution in [2.45, 2.75) is 57.9 Å². The molecule has 1 N–H and O–H groups in total.